The van der Waals surface area contributed by atoms with Crippen LogP contribution in [0.25, 0.3) is 0 Å². The van der Waals surface area contributed by atoms with E-state index >= 15 is 0 Å². The van der Waals surface area contributed by atoms with Crippen LogP contribution in [0.1, 0.15) is 6.92 Å². The molecular weight excluding hydrogens is 252 g/mol. The lowest BCUT2D eigenvalue weighted by Crippen LogP contribution is -2.31. The molecule has 0 atom stereocenters. The van der Waals surface area contributed by atoms with Gasteiger partial charge >= 0.3 is 0 Å². The number of nitrogens with one attached hydrogen (secondary N) is 1. The van der Waals surface area contributed by atoms with Crippen molar-refractivity contribution in [1.29, 1.82) is 0 Å². The second-order valence-electron chi connectivity index (χ2n) is 4.06. The minimum absolute atomic E-state index is 0.00955. The fraction of sp³-hybridized carbons (Fsp3) is 0.417. The molecule has 0 spiro atoms. The predicted octanol–water partition coefficient (Wildman–Crippen LogP) is 0.980. The molecular formula is C12H18N2O3S. The monoisotopic (exact) mass is 270 g/mol. The molecule has 0 aliphatic heterocycles. The van der Waals surface area contributed by atoms with Crippen LogP contribution in [0.3, 0.4) is 0 Å². The third kappa shape index (κ3) is 4.03. The maximum Gasteiger partial charge on any atom is 0.241 e. The molecule has 0 aliphatic rings. The van der Waals surface area contributed by atoms with Crippen molar-refractivity contribution in [2.45, 2.75) is 11.8 Å². The van der Waals surface area contributed by atoms with Crippen LogP contribution >= 0.6 is 0 Å². The molecule has 5 nitrogen and oxygen atoms in total. The van der Waals surface area contributed by atoms with Crippen molar-refractivity contribution in [1.82, 2.24) is 4.90 Å². The molecule has 0 saturated heterocycles. The number of carbonyl (C=O) groups excluding carboxylic acids is 1. The fourth-order valence-electron chi connectivity index (χ4n) is 1.31. The van der Waals surface area contributed by atoms with Crippen LogP contribution in [0.4, 0.5) is 5.69 Å². The van der Waals surface area contributed by atoms with Crippen LogP contribution in [-0.2, 0) is 14.6 Å². The molecule has 1 N–H and O–H groups in total. The highest BCUT2D eigenvalue weighted by Crippen LogP contribution is 2.13. The van der Waals surface area contributed by atoms with E-state index in [4.69, 9.17) is 0 Å². The van der Waals surface area contributed by atoms with E-state index in [9.17, 15) is 13.2 Å². The molecule has 18 heavy (non-hydrogen) atoms. The summed E-state index contributed by atoms with van der Waals surface area (Å²) in [6.45, 7) is 2.76. The van der Waals surface area contributed by atoms with E-state index in [0.717, 1.165) is 11.9 Å². The normalized spacial score (nSPS) is 11.1. The molecule has 100 valence electrons. The van der Waals surface area contributed by atoms with Gasteiger partial charge in [-0.1, -0.05) is 0 Å². The highest BCUT2D eigenvalue weighted by atomic mass is 32.2. The Kier molecular flexibility index (Phi) is 4.72. The Balaban J connectivity index is 2.63. The molecule has 0 unspecified atom stereocenters. The fourth-order valence-corrected chi connectivity index (χ4v) is 1.94. The second kappa shape index (κ2) is 5.86. The molecule has 0 radical (unpaired) electrons. The van der Waals surface area contributed by atoms with Crippen LogP contribution in [0.15, 0.2) is 29.2 Å². The number of carbonyl (C=O) groups is 1. The van der Waals surface area contributed by atoms with Crippen molar-refractivity contribution < 1.29 is 13.2 Å². The van der Waals surface area contributed by atoms with Gasteiger partial charge in [-0.2, -0.15) is 0 Å². The van der Waals surface area contributed by atoms with E-state index in [0.29, 0.717) is 6.54 Å². The first-order chi connectivity index (χ1) is 8.34. The summed E-state index contributed by atoms with van der Waals surface area (Å²) in [7, 11) is -1.44. The van der Waals surface area contributed by atoms with Crippen molar-refractivity contribution in [3.05, 3.63) is 24.3 Å². The van der Waals surface area contributed by atoms with Crippen molar-refractivity contribution in [2.24, 2.45) is 0 Å². The van der Waals surface area contributed by atoms with Gasteiger partial charge in [0.15, 0.2) is 9.84 Å². The van der Waals surface area contributed by atoms with E-state index in [1.54, 1.807) is 24.1 Å². The first-order valence-electron chi connectivity index (χ1n) is 5.62. The van der Waals surface area contributed by atoms with Gasteiger partial charge in [-0.05, 0) is 31.2 Å². The van der Waals surface area contributed by atoms with Gasteiger partial charge in [0.2, 0.25) is 5.91 Å². The molecule has 0 heterocycles. The Hall–Kier alpha value is -1.56. The van der Waals surface area contributed by atoms with Gasteiger partial charge in [-0.25, -0.2) is 8.42 Å². The van der Waals surface area contributed by atoms with Crippen LogP contribution in [0.2, 0.25) is 0 Å². The third-order valence-electron chi connectivity index (χ3n) is 2.63. The molecule has 1 aromatic carbocycles. The van der Waals surface area contributed by atoms with Gasteiger partial charge in [0.1, 0.15) is 0 Å². The van der Waals surface area contributed by atoms with Crippen molar-refractivity contribution in [3.63, 3.8) is 0 Å². The van der Waals surface area contributed by atoms with Gasteiger partial charge in [-0.3, -0.25) is 4.79 Å². The van der Waals surface area contributed by atoms with Crippen LogP contribution in [-0.4, -0.2) is 45.6 Å². The van der Waals surface area contributed by atoms with Gasteiger partial charge < -0.3 is 10.2 Å². The average molecular weight is 270 g/mol. The standard InChI is InChI=1S/C12H18N2O3S/c1-4-14(2)12(15)9-13-10-5-7-11(8-6-10)18(3,16)17/h5-8,13H,4,9H2,1-3H3. The van der Waals surface area contributed by atoms with Crippen LogP contribution < -0.4 is 5.32 Å². The molecule has 0 saturated carbocycles. The first kappa shape index (κ1) is 14.5. The number of benzene rings is 1. The summed E-state index contributed by atoms with van der Waals surface area (Å²) in [4.78, 5) is 13.4. The predicted molar refractivity (Wildman–Crippen MR) is 71.4 cm³/mol. The number of hydrogen-bond donors (Lipinski definition) is 1. The lowest BCUT2D eigenvalue weighted by Gasteiger charge is -2.15. The lowest BCUT2D eigenvalue weighted by atomic mass is 10.3. The van der Waals surface area contributed by atoms with E-state index in [2.05, 4.69) is 5.32 Å². The number of rotatable bonds is 5. The van der Waals surface area contributed by atoms with Gasteiger partial charge in [0.25, 0.3) is 0 Å². The number of amides is 1. The Bertz CT molecular complexity index is 509. The van der Waals surface area contributed by atoms with E-state index in [1.807, 2.05) is 6.92 Å². The first-order valence-corrected chi connectivity index (χ1v) is 7.51. The minimum atomic E-state index is -3.17. The molecule has 0 aromatic heterocycles. The highest BCUT2D eigenvalue weighted by Gasteiger charge is 2.08. The Morgan fingerprint density at radius 1 is 1.28 bits per heavy atom. The van der Waals surface area contributed by atoms with Crippen LogP contribution in [0, 0.1) is 0 Å². The topological polar surface area (TPSA) is 66.5 Å². The Labute approximate surface area is 108 Å². The summed E-state index contributed by atoms with van der Waals surface area (Å²) >= 11 is 0. The Morgan fingerprint density at radius 3 is 2.28 bits per heavy atom. The summed E-state index contributed by atoms with van der Waals surface area (Å²) in [5, 5.41) is 2.95. The minimum Gasteiger partial charge on any atom is -0.376 e. The highest BCUT2D eigenvalue weighted by molar-refractivity contribution is 7.90. The van der Waals surface area contributed by atoms with Crippen molar-refractivity contribution >= 4 is 21.4 Å². The third-order valence-corrected chi connectivity index (χ3v) is 3.75. The SMILES string of the molecule is CCN(C)C(=O)CNc1ccc(S(C)(=O)=O)cc1. The van der Waals surface area contributed by atoms with Crippen LogP contribution in [0.5, 0.6) is 0 Å². The summed E-state index contributed by atoms with van der Waals surface area (Å²) in [6, 6.07) is 6.34. The zero-order chi connectivity index (χ0) is 13.8. The summed E-state index contributed by atoms with van der Waals surface area (Å²) < 4.78 is 22.5. The summed E-state index contributed by atoms with van der Waals surface area (Å²) in [6.07, 6.45) is 1.16. The molecule has 0 fully saturated rings. The van der Waals surface area contributed by atoms with Crippen molar-refractivity contribution in [2.75, 3.05) is 31.7 Å². The summed E-state index contributed by atoms with van der Waals surface area (Å²) in [5.41, 5.74) is 0.722. The summed E-state index contributed by atoms with van der Waals surface area (Å²) in [5.74, 6) is -0.00955. The molecule has 0 bridgehead atoms. The molecule has 0 aliphatic carbocycles. The smallest absolute Gasteiger partial charge is 0.241 e. The maximum atomic E-state index is 11.5. The Morgan fingerprint density at radius 2 is 1.83 bits per heavy atom. The lowest BCUT2D eigenvalue weighted by molar-refractivity contribution is -0.127. The van der Waals surface area contributed by atoms with E-state index in [-0.39, 0.29) is 17.3 Å². The molecule has 1 aromatic rings. The van der Waals surface area contributed by atoms with Gasteiger partial charge in [-0.15, -0.1) is 0 Å². The number of likely N-dealkylation sites (N-methyl/N-ethyl adjacent to an activating group) is 1. The molecule has 1 rings (SSSR count). The number of nitrogens with zero attached hydrogens (tertiary/aromatic N) is 1. The van der Waals surface area contributed by atoms with E-state index < -0.39 is 9.84 Å². The average Bonchev–Trinajstić information content (AvgIpc) is 2.34. The maximum absolute atomic E-state index is 11.5. The van der Waals surface area contributed by atoms with E-state index in [1.165, 1.54) is 12.1 Å². The largest absolute Gasteiger partial charge is 0.376 e. The second-order valence-corrected chi connectivity index (χ2v) is 6.07. The number of anilines is 1. The zero-order valence-corrected chi connectivity index (χ0v) is 11.6. The van der Waals surface area contributed by atoms with Gasteiger partial charge in [0.05, 0.1) is 11.4 Å². The molecule has 1 amide bonds. The number of sulfone groups is 1. The quantitative estimate of drug-likeness (QED) is 0.866. The van der Waals surface area contributed by atoms with Gasteiger partial charge in [0, 0.05) is 25.5 Å². The zero-order valence-electron chi connectivity index (χ0n) is 10.8. The molecule has 6 heteroatoms. The number of hydrogen-bond acceptors (Lipinski definition) is 4. The van der Waals surface area contributed by atoms with Crippen molar-refractivity contribution in [3.8, 4) is 0 Å².